The Morgan fingerprint density at radius 1 is 1.50 bits per heavy atom. The van der Waals surface area contributed by atoms with Crippen molar-refractivity contribution in [2.24, 2.45) is 5.41 Å². The molecule has 0 saturated carbocycles. The molecule has 0 aromatic rings. The lowest BCUT2D eigenvalue weighted by Crippen LogP contribution is -2.54. The molecule has 1 fully saturated rings. The van der Waals surface area contributed by atoms with Crippen LogP contribution in [0, 0.1) is 16.7 Å². The van der Waals surface area contributed by atoms with Crippen LogP contribution < -0.4 is 0 Å². The van der Waals surface area contributed by atoms with Crippen molar-refractivity contribution >= 4 is 11.6 Å². The first kappa shape index (κ1) is 11.0. The zero-order valence-corrected chi connectivity index (χ0v) is 9.32. The molecule has 1 saturated heterocycles. The van der Waals surface area contributed by atoms with Gasteiger partial charge in [0.1, 0.15) is 0 Å². The van der Waals surface area contributed by atoms with Crippen molar-refractivity contribution in [2.75, 3.05) is 0 Å². The van der Waals surface area contributed by atoms with Gasteiger partial charge in [-0.3, -0.25) is 9.59 Å². The summed E-state index contributed by atoms with van der Waals surface area (Å²) in [5.74, 6) is -0.249. The van der Waals surface area contributed by atoms with Gasteiger partial charge in [-0.1, -0.05) is 6.08 Å². The normalized spacial score (nSPS) is 36.7. The lowest BCUT2D eigenvalue weighted by atomic mass is 9.69. The van der Waals surface area contributed by atoms with Gasteiger partial charge in [-0.05, 0) is 19.9 Å². The van der Waals surface area contributed by atoms with Gasteiger partial charge in [-0.25, -0.2) is 0 Å². The topological polar surface area (TPSA) is 67.2 Å². The highest BCUT2D eigenvalue weighted by Gasteiger charge is 2.54. The van der Waals surface area contributed by atoms with E-state index in [1.165, 1.54) is 12.2 Å². The summed E-state index contributed by atoms with van der Waals surface area (Å²) in [6.07, 6.45) is 2.40. The maximum atomic E-state index is 12.0. The number of ether oxygens (including phenoxy) is 1. The molecule has 1 aliphatic heterocycles. The van der Waals surface area contributed by atoms with Crippen LogP contribution >= 0.6 is 0 Å². The van der Waals surface area contributed by atoms with E-state index < -0.39 is 17.1 Å². The van der Waals surface area contributed by atoms with Gasteiger partial charge in [0, 0.05) is 12.8 Å². The molecule has 16 heavy (non-hydrogen) atoms. The minimum atomic E-state index is -1.25. The van der Waals surface area contributed by atoms with Crippen molar-refractivity contribution in [3.63, 3.8) is 0 Å². The van der Waals surface area contributed by atoms with E-state index in [1.807, 2.05) is 6.07 Å². The molecule has 0 aromatic carbocycles. The molecule has 2 rings (SSSR count). The molecule has 0 radical (unpaired) electrons. The summed E-state index contributed by atoms with van der Waals surface area (Å²) in [5, 5.41) is 9.19. The number of nitrogens with zero attached hydrogens (tertiary/aromatic N) is 1. The van der Waals surface area contributed by atoms with E-state index >= 15 is 0 Å². The first-order valence-corrected chi connectivity index (χ1v) is 5.24. The Hall–Kier alpha value is -1.47. The van der Waals surface area contributed by atoms with Gasteiger partial charge in [-0.2, -0.15) is 5.26 Å². The van der Waals surface area contributed by atoms with Gasteiger partial charge in [0.05, 0.1) is 17.8 Å². The SMILES string of the molecule is CC1(C)CC(=O)[C@]2(C#N)C=CC(=O)C[C@@H]2O1. The van der Waals surface area contributed by atoms with Crippen LogP contribution in [-0.4, -0.2) is 23.3 Å². The fourth-order valence-corrected chi connectivity index (χ4v) is 2.28. The summed E-state index contributed by atoms with van der Waals surface area (Å²) in [5.41, 5.74) is -1.84. The van der Waals surface area contributed by atoms with Gasteiger partial charge in [-0.15, -0.1) is 0 Å². The van der Waals surface area contributed by atoms with Gasteiger partial charge >= 0.3 is 0 Å². The number of fused-ring (bicyclic) bond motifs is 1. The van der Waals surface area contributed by atoms with Crippen LogP contribution in [0.3, 0.4) is 0 Å². The molecule has 0 unspecified atom stereocenters. The van der Waals surface area contributed by atoms with Gasteiger partial charge in [0.2, 0.25) is 0 Å². The lowest BCUT2D eigenvalue weighted by Gasteiger charge is -2.44. The number of Topliss-reactive ketones (excluding diaryl/α,β-unsaturated/α-hetero) is 1. The summed E-state index contributed by atoms with van der Waals surface area (Å²) < 4.78 is 5.70. The van der Waals surface area contributed by atoms with Crippen molar-refractivity contribution in [1.82, 2.24) is 0 Å². The second-order valence-electron chi connectivity index (χ2n) is 4.95. The quantitative estimate of drug-likeness (QED) is 0.613. The van der Waals surface area contributed by atoms with Crippen molar-refractivity contribution in [3.05, 3.63) is 12.2 Å². The molecule has 4 heteroatoms. The smallest absolute Gasteiger partial charge is 0.162 e. The molecular formula is C12H13NO3. The Labute approximate surface area is 93.9 Å². The van der Waals surface area contributed by atoms with Crippen LogP contribution in [0.15, 0.2) is 12.2 Å². The third-order valence-corrected chi connectivity index (χ3v) is 3.12. The maximum Gasteiger partial charge on any atom is 0.162 e. The van der Waals surface area contributed by atoms with E-state index in [2.05, 4.69) is 0 Å². The predicted octanol–water partition coefficient (Wildman–Crippen LogP) is 1.16. The molecular weight excluding hydrogens is 206 g/mol. The van der Waals surface area contributed by atoms with Crippen molar-refractivity contribution < 1.29 is 14.3 Å². The average molecular weight is 219 g/mol. The highest BCUT2D eigenvalue weighted by molar-refractivity contribution is 5.99. The van der Waals surface area contributed by atoms with E-state index in [1.54, 1.807) is 13.8 Å². The summed E-state index contributed by atoms with van der Waals surface area (Å²) >= 11 is 0. The van der Waals surface area contributed by atoms with E-state index in [0.717, 1.165) is 0 Å². The minimum Gasteiger partial charge on any atom is -0.369 e. The highest BCUT2D eigenvalue weighted by atomic mass is 16.5. The van der Waals surface area contributed by atoms with E-state index in [9.17, 15) is 14.9 Å². The standard InChI is InChI=1S/C12H13NO3/c1-11(2)6-9(15)12(7-13)4-3-8(14)5-10(12)16-11/h3-4,10H,5-6H2,1-2H3/t10-,12+/m0/s1. The summed E-state index contributed by atoms with van der Waals surface area (Å²) in [6, 6.07) is 2.01. The molecule has 1 aliphatic carbocycles. The summed E-state index contributed by atoms with van der Waals surface area (Å²) in [6.45, 7) is 3.60. The number of allylic oxidation sites excluding steroid dienone is 1. The number of hydrogen-bond donors (Lipinski definition) is 0. The molecule has 4 nitrogen and oxygen atoms in total. The van der Waals surface area contributed by atoms with E-state index in [4.69, 9.17) is 4.74 Å². The monoisotopic (exact) mass is 219 g/mol. The molecule has 0 bridgehead atoms. The van der Waals surface area contributed by atoms with Crippen molar-refractivity contribution in [1.29, 1.82) is 5.26 Å². The molecule has 2 aliphatic rings. The van der Waals surface area contributed by atoms with Gasteiger partial charge < -0.3 is 4.74 Å². The van der Waals surface area contributed by atoms with Gasteiger partial charge in [0.25, 0.3) is 0 Å². The molecule has 84 valence electrons. The van der Waals surface area contributed by atoms with Gasteiger partial charge in [0.15, 0.2) is 17.0 Å². The average Bonchev–Trinajstić information content (AvgIpc) is 2.15. The first-order chi connectivity index (χ1) is 7.39. The highest BCUT2D eigenvalue weighted by Crippen LogP contribution is 2.42. The number of nitriles is 1. The molecule has 0 aromatic heterocycles. The number of ketones is 2. The Kier molecular flexibility index (Phi) is 2.25. The largest absolute Gasteiger partial charge is 0.369 e. The fourth-order valence-electron chi connectivity index (χ4n) is 2.28. The Morgan fingerprint density at radius 3 is 2.81 bits per heavy atom. The zero-order chi connectivity index (χ0) is 12.0. The van der Waals surface area contributed by atoms with E-state index in [0.29, 0.717) is 0 Å². The van der Waals surface area contributed by atoms with Crippen LogP contribution in [0.25, 0.3) is 0 Å². The Bertz CT molecular complexity index is 430. The zero-order valence-electron chi connectivity index (χ0n) is 9.32. The third kappa shape index (κ3) is 1.48. The fraction of sp³-hybridized carbons (Fsp3) is 0.583. The molecule has 0 spiro atoms. The molecule has 0 amide bonds. The van der Waals surface area contributed by atoms with Crippen LogP contribution in [-0.2, 0) is 14.3 Å². The number of carbonyl (C=O) groups excluding carboxylic acids is 2. The number of rotatable bonds is 0. The minimum absolute atomic E-state index is 0.0959. The second-order valence-corrected chi connectivity index (χ2v) is 4.95. The van der Waals surface area contributed by atoms with Crippen LogP contribution in [0.4, 0.5) is 0 Å². The molecule has 1 heterocycles. The maximum absolute atomic E-state index is 12.0. The van der Waals surface area contributed by atoms with Crippen molar-refractivity contribution in [2.45, 2.75) is 38.4 Å². The Balaban J connectivity index is 2.46. The van der Waals surface area contributed by atoms with Crippen molar-refractivity contribution in [3.8, 4) is 6.07 Å². The molecule has 2 atom stereocenters. The summed E-state index contributed by atoms with van der Waals surface area (Å²) in [4.78, 5) is 23.3. The lowest BCUT2D eigenvalue weighted by molar-refractivity contribution is -0.169. The second kappa shape index (κ2) is 3.26. The molecule has 0 N–H and O–H groups in total. The first-order valence-electron chi connectivity index (χ1n) is 5.24. The van der Waals surface area contributed by atoms with Crippen LogP contribution in [0.5, 0.6) is 0 Å². The van der Waals surface area contributed by atoms with E-state index in [-0.39, 0.29) is 24.4 Å². The summed E-state index contributed by atoms with van der Waals surface area (Å²) in [7, 11) is 0. The predicted molar refractivity (Wildman–Crippen MR) is 55.4 cm³/mol. The van der Waals surface area contributed by atoms with Crippen LogP contribution in [0.1, 0.15) is 26.7 Å². The Morgan fingerprint density at radius 2 is 2.19 bits per heavy atom. The number of hydrogen-bond acceptors (Lipinski definition) is 4. The van der Waals surface area contributed by atoms with Crippen LogP contribution in [0.2, 0.25) is 0 Å². The number of carbonyl (C=O) groups is 2. The third-order valence-electron chi connectivity index (χ3n) is 3.12.